The standard InChI is InChI=1S/C19H40N2O5Si/c1-18(2,3)25-17(23)21-14-13-20-12-10-11-15(16(22)24-7)26-27(8,9)19(4,5)6/h15,20H,10-14H2,1-9H3,(H,21,23)/t15-/m0/s1. The molecular weight excluding hydrogens is 364 g/mol. The quantitative estimate of drug-likeness (QED) is 0.329. The van der Waals surface area contributed by atoms with Crippen molar-refractivity contribution in [3.05, 3.63) is 0 Å². The first kappa shape index (κ1) is 25.9. The second-order valence-electron chi connectivity index (χ2n) is 9.21. The van der Waals surface area contributed by atoms with E-state index in [1.165, 1.54) is 7.11 Å². The van der Waals surface area contributed by atoms with Crippen LogP contribution in [0.15, 0.2) is 0 Å². The zero-order valence-corrected chi connectivity index (χ0v) is 19.7. The smallest absolute Gasteiger partial charge is 0.407 e. The number of carbonyl (C=O) groups excluding carboxylic acids is 2. The van der Waals surface area contributed by atoms with Crippen molar-refractivity contribution in [3.8, 4) is 0 Å². The fourth-order valence-corrected chi connectivity index (χ4v) is 3.27. The van der Waals surface area contributed by atoms with Crippen LogP contribution in [-0.4, -0.2) is 58.8 Å². The van der Waals surface area contributed by atoms with E-state index in [-0.39, 0.29) is 11.0 Å². The van der Waals surface area contributed by atoms with E-state index in [0.717, 1.165) is 13.0 Å². The summed E-state index contributed by atoms with van der Waals surface area (Å²) in [5.41, 5.74) is -0.495. The first-order chi connectivity index (χ1) is 12.2. The minimum Gasteiger partial charge on any atom is -0.467 e. The molecule has 0 unspecified atom stereocenters. The molecule has 0 saturated heterocycles. The zero-order chi connectivity index (χ0) is 21.3. The molecule has 0 radical (unpaired) electrons. The number of carbonyl (C=O) groups is 2. The van der Waals surface area contributed by atoms with E-state index in [1.807, 2.05) is 20.8 Å². The number of esters is 1. The third kappa shape index (κ3) is 11.3. The maximum Gasteiger partial charge on any atom is 0.407 e. The average Bonchev–Trinajstić information content (AvgIpc) is 2.49. The predicted octanol–water partition coefficient (Wildman–Crippen LogP) is 3.44. The molecule has 0 aliphatic rings. The van der Waals surface area contributed by atoms with Crippen molar-refractivity contribution in [2.24, 2.45) is 0 Å². The molecule has 0 heterocycles. The summed E-state index contributed by atoms with van der Waals surface area (Å²) in [7, 11) is -0.649. The zero-order valence-electron chi connectivity index (χ0n) is 18.7. The van der Waals surface area contributed by atoms with Gasteiger partial charge in [0.15, 0.2) is 8.32 Å². The van der Waals surface area contributed by atoms with Crippen LogP contribution in [0.4, 0.5) is 4.79 Å². The Balaban J connectivity index is 4.19. The van der Waals surface area contributed by atoms with Gasteiger partial charge in [-0.05, 0) is 58.3 Å². The summed E-state index contributed by atoms with van der Waals surface area (Å²) in [6.45, 7) is 18.0. The van der Waals surface area contributed by atoms with Gasteiger partial charge in [-0.15, -0.1) is 0 Å². The molecule has 0 aliphatic heterocycles. The lowest BCUT2D eigenvalue weighted by Crippen LogP contribution is -2.46. The summed E-state index contributed by atoms with van der Waals surface area (Å²) in [4.78, 5) is 23.6. The molecule has 0 bridgehead atoms. The third-order valence-corrected chi connectivity index (χ3v) is 8.98. The van der Waals surface area contributed by atoms with E-state index in [1.54, 1.807) is 0 Å². The lowest BCUT2D eigenvalue weighted by Gasteiger charge is -2.38. The average molecular weight is 405 g/mol. The van der Waals surface area contributed by atoms with Gasteiger partial charge in [-0.3, -0.25) is 0 Å². The number of rotatable bonds is 10. The van der Waals surface area contributed by atoms with Gasteiger partial charge in [0.1, 0.15) is 11.7 Å². The Hall–Kier alpha value is -1.12. The van der Waals surface area contributed by atoms with Crippen LogP contribution in [0.25, 0.3) is 0 Å². The summed E-state index contributed by atoms with van der Waals surface area (Å²) < 4.78 is 16.3. The van der Waals surface area contributed by atoms with Crippen LogP contribution < -0.4 is 10.6 Å². The Bertz CT molecular complexity index is 470. The van der Waals surface area contributed by atoms with Crippen LogP contribution in [0, 0.1) is 0 Å². The van der Waals surface area contributed by atoms with E-state index >= 15 is 0 Å². The van der Waals surface area contributed by atoms with Crippen LogP contribution in [0.3, 0.4) is 0 Å². The van der Waals surface area contributed by atoms with Crippen LogP contribution in [0.5, 0.6) is 0 Å². The van der Waals surface area contributed by atoms with Gasteiger partial charge in [0, 0.05) is 13.1 Å². The fraction of sp³-hybridized carbons (Fsp3) is 0.895. The highest BCUT2D eigenvalue weighted by Gasteiger charge is 2.40. The van der Waals surface area contributed by atoms with Crippen LogP contribution in [0.2, 0.25) is 18.1 Å². The Morgan fingerprint density at radius 2 is 1.59 bits per heavy atom. The Kier molecular flexibility index (Phi) is 10.6. The Morgan fingerprint density at radius 3 is 2.07 bits per heavy atom. The molecule has 27 heavy (non-hydrogen) atoms. The van der Waals surface area contributed by atoms with Gasteiger partial charge in [0.05, 0.1) is 7.11 Å². The highest BCUT2D eigenvalue weighted by Crippen LogP contribution is 2.37. The predicted molar refractivity (Wildman–Crippen MR) is 110 cm³/mol. The van der Waals surface area contributed by atoms with Gasteiger partial charge in [-0.2, -0.15) is 0 Å². The van der Waals surface area contributed by atoms with Crippen molar-refractivity contribution in [1.82, 2.24) is 10.6 Å². The molecule has 7 nitrogen and oxygen atoms in total. The van der Waals surface area contributed by atoms with Crippen molar-refractivity contribution < 1.29 is 23.5 Å². The molecule has 0 aliphatic carbocycles. The highest BCUT2D eigenvalue weighted by molar-refractivity contribution is 6.74. The maximum absolute atomic E-state index is 12.1. The van der Waals surface area contributed by atoms with E-state index in [4.69, 9.17) is 13.9 Å². The van der Waals surface area contributed by atoms with Crippen molar-refractivity contribution in [2.75, 3.05) is 26.7 Å². The number of hydrogen-bond donors (Lipinski definition) is 2. The van der Waals surface area contributed by atoms with Gasteiger partial charge in [-0.25, -0.2) is 9.59 Å². The second-order valence-corrected chi connectivity index (χ2v) is 14.0. The van der Waals surface area contributed by atoms with Gasteiger partial charge < -0.3 is 24.5 Å². The van der Waals surface area contributed by atoms with Gasteiger partial charge in [0.2, 0.25) is 0 Å². The van der Waals surface area contributed by atoms with Crippen LogP contribution in [0.1, 0.15) is 54.4 Å². The largest absolute Gasteiger partial charge is 0.467 e. The first-order valence-electron chi connectivity index (χ1n) is 9.63. The molecule has 2 N–H and O–H groups in total. The van der Waals surface area contributed by atoms with Gasteiger partial charge in [-0.1, -0.05) is 20.8 Å². The number of alkyl carbamates (subject to hydrolysis) is 1. The summed E-state index contributed by atoms with van der Waals surface area (Å²) in [6, 6.07) is 0. The number of hydrogen-bond acceptors (Lipinski definition) is 6. The summed E-state index contributed by atoms with van der Waals surface area (Å²) in [5, 5.41) is 5.97. The number of nitrogens with one attached hydrogen (secondary N) is 2. The van der Waals surface area contributed by atoms with Crippen molar-refractivity contribution in [2.45, 2.75) is 84.2 Å². The molecule has 0 aromatic rings. The van der Waals surface area contributed by atoms with Crippen LogP contribution in [-0.2, 0) is 18.7 Å². The number of ether oxygens (including phenoxy) is 2. The summed E-state index contributed by atoms with van der Waals surface area (Å²) >= 11 is 0. The van der Waals surface area contributed by atoms with Crippen molar-refractivity contribution >= 4 is 20.4 Å². The minimum absolute atomic E-state index is 0.0326. The number of methoxy groups -OCH3 is 1. The Morgan fingerprint density at radius 1 is 1.00 bits per heavy atom. The molecule has 0 fully saturated rings. The molecule has 1 atom stereocenters. The maximum atomic E-state index is 12.1. The molecule has 0 aromatic carbocycles. The van der Waals surface area contributed by atoms with E-state index in [2.05, 4.69) is 44.5 Å². The van der Waals surface area contributed by atoms with E-state index in [9.17, 15) is 9.59 Å². The third-order valence-electron chi connectivity index (χ3n) is 4.50. The number of amides is 1. The van der Waals surface area contributed by atoms with Crippen molar-refractivity contribution in [3.63, 3.8) is 0 Å². The minimum atomic E-state index is -2.04. The molecule has 0 spiro atoms. The molecule has 1 amide bonds. The summed E-state index contributed by atoms with van der Waals surface area (Å²) in [5.74, 6) is -0.314. The fourth-order valence-electron chi connectivity index (χ4n) is 1.99. The summed E-state index contributed by atoms with van der Waals surface area (Å²) in [6.07, 6.45) is 0.433. The molecule has 0 saturated carbocycles. The molecule has 8 heteroatoms. The lowest BCUT2D eigenvalue weighted by molar-refractivity contribution is -0.149. The molecule has 0 rings (SSSR count). The molecule has 0 aromatic heterocycles. The first-order valence-corrected chi connectivity index (χ1v) is 12.5. The molecule has 160 valence electrons. The monoisotopic (exact) mass is 404 g/mol. The van der Waals surface area contributed by atoms with E-state index in [0.29, 0.717) is 19.5 Å². The SMILES string of the molecule is COC(=O)[C@H](CCCNCCNC(=O)OC(C)(C)C)O[Si](C)(C)C(C)(C)C. The highest BCUT2D eigenvalue weighted by atomic mass is 28.4. The lowest BCUT2D eigenvalue weighted by atomic mass is 10.2. The van der Waals surface area contributed by atoms with Crippen molar-refractivity contribution in [1.29, 1.82) is 0 Å². The Labute approximate surface area is 166 Å². The topological polar surface area (TPSA) is 85.9 Å². The normalized spacial score (nSPS) is 13.8. The van der Waals surface area contributed by atoms with E-state index < -0.39 is 26.1 Å². The van der Waals surface area contributed by atoms with Crippen LogP contribution >= 0.6 is 0 Å². The van der Waals surface area contributed by atoms with Gasteiger partial charge >= 0.3 is 12.1 Å². The molecular formula is C19H40N2O5Si. The second kappa shape index (κ2) is 11.0. The van der Waals surface area contributed by atoms with Gasteiger partial charge in [0.25, 0.3) is 0 Å².